The molecular formula is C28H28N4O. The van der Waals surface area contributed by atoms with Crippen LogP contribution in [0.15, 0.2) is 48.5 Å². The quantitative estimate of drug-likeness (QED) is 0.388. The first kappa shape index (κ1) is 19.2. The van der Waals surface area contributed by atoms with Gasteiger partial charge >= 0.3 is 0 Å². The lowest BCUT2D eigenvalue weighted by Gasteiger charge is -2.26. The Hall–Kier alpha value is -3.31. The highest BCUT2D eigenvalue weighted by Crippen LogP contribution is 2.43. The second-order valence-electron chi connectivity index (χ2n) is 9.61. The molecule has 33 heavy (non-hydrogen) atoms. The number of nitrogens with one attached hydrogen (secondary N) is 2. The van der Waals surface area contributed by atoms with Crippen LogP contribution in [0.2, 0.25) is 0 Å². The van der Waals surface area contributed by atoms with Crippen molar-refractivity contribution in [3.8, 4) is 0 Å². The van der Waals surface area contributed by atoms with Crippen molar-refractivity contribution >= 4 is 49.5 Å². The van der Waals surface area contributed by atoms with Gasteiger partial charge in [-0.25, -0.2) is 0 Å². The van der Waals surface area contributed by atoms with E-state index < -0.39 is 0 Å². The predicted octanol–water partition coefficient (Wildman–Crippen LogP) is 5.55. The summed E-state index contributed by atoms with van der Waals surface area (Å²) < 4.78 is 2.47. The number of piperidine rings is 1. The minimum absolute atomic E-state index is 0.0541. The van der Waals surface area contributed by atoms with Crippen LogP contribution in [-0.4, -0.2) is 40.0 Å². The molecule has 0 unspecified atom stereocenters. The number of nitrogens with zero attached hydrogens (tertiary/aromatic N) is 2. The molecule has 2 aliphatic rings. The largest absolute Gasteiger partial charge is 0.353 e. The lowest BCUT2D eigenvalue weighted by Crippen LogP contribution is -2.31. The first-order valence-corrected chi connectivity index (χ1v) is 12.3. The van der Waals surface area contributed by atoms with Crippen LogP contribution in [0.3, 0.4) is 0 Å². The molecule has 1 amide bonds. The van der Waals surface area contributed by atoms with Gasteiger partial charge < -0.3 is 19.8 Å². The highest BCUT2D eigenvalue weighted by Gasteiger charge is 2.30. The molecule has 1 saturated heterocycles. The Morgan fingerprint density at radius 2 is 1.64 bits per heavy atom. The lowest BCUT2D eigenvalue weighted by atomic mass is 9.97. The number of fused-ring (bicyclic) bond motifs is 10. The summed E-state index contributed by atoms with van der Waals surface area (Å²) in [7, 11) is 0. The molecule has 5 heteroatoms. The van der Waals surface area contributed by atoms with Gasteiger partial charge in [-0.15, -0.1) is 0 Å². The third kappa shape index (κ3) is 2.78. The summed E-state index contributed by atoms with van der Waals surface area (Å²) in [5.74, 6) is 0.0541. The third-order valence-corrected chi connectivity index (χ3v) is 7.72. The molecule has 1 fully saturated rings. The minimum Gasteiger partial charge on any atom is -0.353 e. The topological polar surface area (TPSA) is 53.1 Å². The molecule has 0 spiro atoms. The normalized spacial score (nSPS) is 16.9. The van der Waals surface area contributed by atoms with Crippen molar-refractivity contribution in [1.82, 2.24) is 19.8 Å². The van der Waals surface area contributed by atoms with Crippen LogP contribution in [0, 0.1) is 0 Å². The van der Waals surface area contributed by atoms with Crippen LogP contribution in [0.1, 0.15) is 41.6 Å². The molecule has 0 radical (unpaired) electrons. The van der Waals surface area contributed by atoms with E-state index in [1.165, 1.54) is 59.5 Å². The minimum atomic E-state index is 0.0541. The van der Waals surface area contributed by atoms with Crippen molar-refractivity contribution in [3.63, 3.8) is 0 Å². The Morgan fingerprint density at radius 1 is 0.848 bits per heavy atom. The van der Waals surface area contributed by atoms with E-state index in [2.05, 4.69) is 68.3 Å². The van der Waals surface area contributed by atoms with Crippen LogP contribution < -0.4 is 5.32 Å². The molecule has 2 aromatic heterocycles. The number of benzene rings is 3. The molecular weight excluding hydrogens is 408 g/mol. The predicted molar refractivity (Wildman–Crippen MR) is 135 cm³/mol. The van der Waals surface area contributed by atoms with Crippen molar-refractivity contribution in [3.05, 3.63) is 59.7 Å². The molecule has 2 N–H and O–H groups in total. The number of hydrogen-bond donors (Lipinski definition) is 2. The molecule has 4 heterocycles. The summed E-state index contributed by atoms with van der Waals surface area (Å²) in [5, 5.41) is 7.80. The Bertz CT molecular complexity index is 1550. The van der Waals surface area contributed by atoms with E-state index in [4.69, 9.17) is 0 Å². The molecule has 5 aromatic rings. The SMILES string of the molecule is O=C1NCc2c1c1c3ccccc3n(CCCN3CCCCC3)c1c1[nH]c3ccccc3c21. The molecule has 166 valence electrons. The summed E-state index contributed by atoms with van der Waals surface area (Å²) in [6.45, 7) is 5.14. The number of likely N-dealkylation sites (tertiary alicyclic amines) is 1. The number of hydrogen-bond acceptors (Lipinski definition) is 2. The van der Waals surface area contributed by atoms with E-state index in [0.717, 1.165) is 47.1 Å². The van der Waals surface area contributed by atoms with Crippen LogP contribution >= 0.6 is 0 Å². The van der Waals surface area contributed by atoms with Gasteiger partial charge in [-0.2, -0.15) is 0 Å². The first-order valence-electron chi connectivity index (χ1n) is 12.3. The summed E-state index contributed by atoms with van der Waals surface area (Å²) in [4.78, 5) is 19.5. The standard InChI is InChI=1S/C28H28N4O/c33-28-25-20(17-29-28)23-18-9-2-4-11-21(18)30-26(23)27-24(25)19-10-3-5-12-22(19)32(27)16-8-15-31-13-6-1-7-14-31/h2-5,9-12,30H,1,6-8,13-17H2,(H,29,33). The maximum absolute atomic E-state index is 13.1. The number of carbonyl (C=O) groups excluding carboxylic acids is 1. The van der Waals surface area contributed by atoms with E-state index in [1.54, 1.807) is 0 Å². The maximum Gasteiger partial charge on any atom is 0.252 e. The fraction of sp³-hybridized carbons (Fsp3) is 0.321. The molecule has 0 atom stereocenters. The molecule has 3 aromatic carbocycles. The van der Waals surface area contributed by atoms with E-state index in [9.17, 15) is 4.79 Å². The Labute approximate surface area is 192 Å². The number of amides is 1. The zero-order valence-corrected chi connectivity index (χ0v) is 18.8. The lowest BCUT2D eigenvalue weighted by molar-refractivity contribution is 0.0967. The maximum atomic E-state index is 13.1. The number of rotatable bonds is 4. The number of para-hydroxylation sites is 2. The zero-order valence-electron chi connectivity index (χ0n) is 18.8. The van der Waals surface area contributed by atoms with Crippen molar-refractivity contribution in [2.24, 2.45) is 0 Å². The van der Waals surface area contributed by atoms with Gasteiger partial charge in [0.25, 0.3) is 5.91 Å². The number of carbonyl (C=O) groups is 1. The van der Waals surface area contributed by atoms with Crippen LogP contribution in [-0.2, 0) is 13.1 Å². The molecule has 0 saturated carbocycles. The monoisotopic (exact) mass is 436 g/mol. The van der Waals surface area contributed by atoms with Crippen molar-refractivity contribution in [2.75, 3.05) is 19.6 Å². The van der Waals surface area contributed by atoms with Gasteiger partial charge in [0, 0.05) is 45.7 Å². The van der Waals surface area contributed by atoms with Crippen LogP contribution in [0.5, 0.6) is 0 Å². The molecule has 2 aliphatic heterocycles. The number of aryl methyl sites for hydroxylation is 1. The summed E-state index contributed by atoms with van der Waals surface area (Å²) in [5.41, 5.74) is 6.70. The number of aromatic nitrogens is 2. The van der Waals surface area contributed by atoms with Gasteiger partial charge in [0.15, 0.2) is 0 Å². The molecule has 0 aliphatic carbocycles. The second-order valence-corrected chi connectivity index (χ2v) is 9.61. The highest BCUT2D eigenvalue weighted by atomic mass is 16.1. The third-order valence-electron chi connectivity index (χ3n) is 7.72. The summed E-state index contributed by atoms with van der Waals surface area (Å²) in [6.07, 6.45) is 5.13. The first-order chi connectivity index (χ1) is 16.3. The fourth-order valence-electron chi connectivity index (χ4n) is 6.28. The average molecular weight is 437 g/mol. The fourth-order valence-corrected chi connectivity index (χ4v) is 6.28. The van der Waals surface area contributed by atoms with Gasteiger partial charge in [-0.05, 0) is 56.6 Å². The Kier molecular flexibility index (Phi) is 4.28. The average Bonchev–Trinajstić information content (AvgIpc) is 3.52. The summed E-state index contributed by atoms with van der Waals surface area (Å²) >= 11 is 0. The van der Waals surface area contributed by atoms with E-state index >= 15 is 0 Å². The Morgan fingerprint density at radius 3 is 2.52 bits per heavy atom. The van der Waals surface area contributed by atoms with E-state index in [1.807, 2.05) is 0 Å². The zero-order chi connectivity index (χ0) is 21.9. The highest BCUT2D eigenvalue weighted by molar-refractivity contribution is 6.30. The van der Waals surface area contributed by atoms with Crippen LogP contribution in [0.25, 0.3) is 43.6 Å². The number of aromatic amines is 1. The number of H-pyrrole nitrogens is 1. The Balaban J connectivity index is 1.50. The van der Waals surface area contributed by atoms with E-state index in [-0.39, 0.29) is 5.91 Å². The van der Waals surface area contributed by atoms with E-state index in [0.29, 0.717) is 6.54 Å². The molecule has 7 rings (SSSR count). The molecule has 5 nitrogen and oxygen atoms in total. The van der Waals surface area contributed by atoms with Crippen molar-refractivity contribution < 1.29 is 4.79 Å². The van der Waals surface area contributed by atoms with Gasteiger partial charge in [-0.1, -0.05) is 42.8 Å². The smallest absolute Gasteiger partial charge is 0.252 e. The molecule has 0 bridgehead atoms. The van der Waals surface area contributed by atoms with Gasteiger partial charge in [0.05, 0.1) is 16.6 Å². The van der Waals surface area contributed by atoms with Gasteiger partial charge in [-0.3, -0.25) is 4.79 Å². The van der Waals surface area contributed by atoms with Gasteiger partial charge in [0.2, 0.25) is 0 Å². The van der Waals surface area contributed by atoms with Crippen molar-refractivity contribution in [1.29, 1.82) is 0 Å². The van der Waals surface area contributed by atoms with Gasteiger partial charge in [0.1, 0.15) is 0 Å². The van der Waals surface area contributed by atoms with Crippen molar-refractivity contribution in [2.45, 2.75) is 38.8 Å². The summed E-state index contributed by atoms with van der Waals surface area (Å²) in [6, 6.07) is 17.1. The van der Waals surface area contributed by atoms with Crippen LogP contribution in [0.4, 0.5) is 0 Å². The second kappa shape index (κ2) is 7.35.